The molecule has 0 bridgehead atoms. The van der Waals surface area contributed by atoms with Crippen molar-refractivity contribution in [2.75, 3.05) is 19.6 Å². The Balaban J connectivity index is 1.91. The molecule has 4 heteroatoms. The molecule has 1 fully saturated rings. The monoisotopic (exact) mass is 253 g/mol. The Kier molecular flexibility index (Phi) is 4.54. The average Bonchev–Trinajstić information content (AvgIpc) is 2.78. The number of rotatable bonds is 4. The third-order valence-corrected chi connectivity index (χ3v) is 4.44. The van der Waals surface area contributed by atoms with Gasteiger partial charge < -0.3 is 10.6 Å². The zero-order valence-corrected chi connectivity index (χ0v) is 11.7. The van der Waals surface area contributed by atoms with Crippen LogP contribution in [0.1, 0.15) is 43.4 Å². The van der Waals surface area contributed by atoms with E-state index < -0.39 is 0 Å². The van der Waals surface area contributed by atoms with Crippen LogP contribution in [0.2, 0.25) is 0 Å². The van der Waals surface area contributed by atoms with Crippen LogP contribution in [0.25, 0.3) is 0 Å². The van der Waals surface area contributed by atoms with E-state index in [1.54, 1.807) is 11.3 Å². The van der Waals surface area contributed by atoms with E-state index in [0.717, 1.165) is 18.0 Å². The number of hydrogen-bond acceptors (Lipinski definition) is 4. The second kappa shape index (κ2) is 5.94. The number of hydrogen-bond donors (Lipinski definition) is 1. The molecule has 0 amide bonds. The summed E-state index contributed by atoms with van der Waals surface area (Å²) >= 11 is 1.77. The first-order valence-corrected chi connectivity index (χ1v) is 7.49. The molecule has 3 nitrogen and oxygen atoms in total. The zero-order valence-electron chi connectivity index (χ0n) is 10.9. The quantitative estimate of drug-likeness (QED) is 0.896. The van der Waals surface area contributed by atoms with E-state index in [-0.39, 0.29) is 6.04 Å². The number of aromatic nitrogens is 1. The van der Waals surface area contributed by atoms with Crippen molar-refractivity contribution < 1.29 is 0 Å². The van der Waals surface area contributed by atoms with E-state index in [9.17, 15) is 0 Å². The minimum absolute atomic E-state index is 0.0681. The number of nitrogens with zero attached hydrogens (tertiary/aromatic N) is 2. The molecule has 2 unspecified atom stereocenters. The van der Waals surface area contributed by atoms with Crippen LogP contribution < -0.4 is 5.73 Å². The van der Waals surface area contributed by atoms with Crippen molar-refractivity contribution in [1.29, 1.82) is 0 Å². The Hall–Kier alpha value is -0.450. The van der Waals surface area contributed by atoms with Crippen molar-refractivity contribution in [3.63, 3.8) is 0 Å². The van der Waals surface area contributed by atoms with Crippen molar-refractivity contribution in [2.45, 2.75) is 39.2 Å². The van der Waals surface area contributed by atoms with Gasteiger partial charge in [0.1, 0.15) is 0 Å². The lowest BCUT2D eigenvalue weighted by molar-refractivity contribution is 0.182. The lowest BCUT2D eigenvalue weighted by Gasteiger charge is -2.31. The predicted octanol–water partition coefficient (Wildman–Crippen LogP) is 2.44. The number of nitrogens with two attached hydrogens (primary N) is 1. The zero-order chi connectivity index (χ0) is 12.3. The Bertz CT molecular complexity index is 348. The fourth-order valence-electron chi connectivity index (χ4n) is 2.48. The molecule has 0 aliphatic carbocycles. The standard InChI is InChI=1S/C13H23N3S/c1-3-16-6-4-5-11(8-16)7-13-15-12(9-17-13)10(2)14/h9-11H,3-8,14H2,1-2H3. The average molecular weight is 253 g/mol. The van der Waals surface area contributed by atoms with Gasteiger partial charge in [-0.1, -0.05) is 6.92 Å². The number of thiazole rings is 1. The highest BCUT2D eigenvalue weighted by molar-refractivity contribution is 7.09. The molecular weight excluding hydrogens is 230 g/mol. The highest BCUT2D eigenvalue weighted by Crippen LogP contribution is 2.23. The second-order valence-corrected chi connectivity index (χ2v) is 6.00. The van der Waals surface area contributed by atoms with Gasteiger partial charge >= 0.3 is 0 Å². The van der Waals surface area contributed by atoms with E-state index >= 15 is 0 Å². The van der Waals surface area contributed by atoms with Crippen molar-refractivity contribution in [2.24, 2.45) is 11.7 Å². The molecule has 0 radical (unpaired) electrons. The van der Waals surface area contributed by atoms with Crippen LogP contribution in [0.3, 0.4) is 0 Å². The van der Waals surface area contributed by atoms with Gasteiger partial charge in [-0.15, -0.1) is 11.3 Å². The van der Waals surface area contributed by atoms with Gasteiger partial charge in [0.2, 0.25) is 0 Å². The van der Waals surface area contributed by atoms with Gasteiger partial charge in [0.05, 0.1) is 10.7 Å². The summed E-state index contributed by atoms with van der Waals surface area (Å²) in [5.41, 5.74) is 6.89. The van der Waals surface area contributed by atoms with Gasteiger partial charge in [0.15, 0.2) is 0 Å². The molecule has 2 atom stereocenters. The van der Waals surface area contributed by atoms with Gasteiger partial charge in [-0.25, -0.2) is 4.98 Å². The van der Waals surface area contributed by atoms with Crippen LogP contribution in [0.5, 0.6) is 0 Å². The molecule has 17 heavy (non-hydrogen) atoms. The summed E-state index contributed by atoms with van der Waals surface area (Å²) in [7, 11) is 0. The fraction of sp³-hybridized carbons (Fsp3) is 0.769. The largest absolute Gasteiger partial charge is 0.323 e. The topological polar surface area (TPSA) is 42.2 Å². The van der Waals surface area contributed by atoms with Gasteiger partial charge in [0.25, 0.3) is 0 Å². The molecule has 0 saturated carbocycles. The Morgan fingerprint density at radius 1 is 1.65 bits per heavy atom. The van der Waals surface area contributed by atoms with Crippen LogP contribution in [-0.2, 0) is 6.42 Å². The minimum Gasteiger partial charge on any atom is -0.323 e. The van der Waals surface area contributed by atoms with E-state index in [1.165, 1.54) is 37.5 Å². The van der Waals surface area contributed by atoms with Crippen LogP contribution in [0.15, 0.2) is 5.38 Å². The summed E-state index contributed by atoms with van der Waals surface area (Å²) in [5, 5.41) is 3.38. The van der Waals surface area contributed by atoms with Crippen LogP contribution in [-0.4, -0.2) is 29.5 Å². The second-order valence-electron chi connectivity index (χ2n) is 5.06. The van der Waals surface area contributed by atoms with Crippen LogP contribution in [0, 0.1) is 5.92 Å². The molecule has 0 aromatic carbocycles. The van der Waals surface area contributed by atoms with Gasteiger partial charge in [0, 0.05) is 24.4 Å². The van der Waals surface area contributed by atoms with Gasteiger partial charge in [-0.2, -0.15) is 0 Å². The molecule has 1 aromatic heterocycles. The third-order valence-electron chi connectivity index (χ3n) is 3.55. The molecule has 2 heterocycles. The summed E-state index contributed by atoms with van der Waals surface area (Å²) in [6.07, 6.45) is 3.82. The summed E-state index contributed by atoms with van der Waals surface area (Å²) < 4.78 is 0. The molecule has 0 spiro atoms. The maximum absolute atomic E-state index is 5.84. The summed E-state index contributed by atoms with van der Waals surface area (Å²) in [5.74, 6) is 0.788. The number of piperidine rings is 1. The Labute approximate surface area is 108 Å². The maximum atomic E-state index is 5.84. The smallest absolute Gasteiger partial charge is 0.0932 e. The summed E-state index contributed by atoms with van der Waals surface area (Å²) in [4.78, 5) is 7.18. The highest BCUT2D eigenvalue weighted by Gasteiger charge is 2.20. The van der Waals surface area contributed by atoms with Gasteiger partial charge in [-0.05, 0) is 38.8 Å². The first-order valence-electron chi connectivity index (χ1n) is 6.61. The van der Waals surface area contributed by atoms with E-state index in [2.05, 4.69) is 22.2 Å². The fourth-order valence-corrected chi connectivity index (χ4v) is 3.49. The molecule has 2 rings (SSSR count). The molecule has 2 N–H and O–H groups in total. The van der Waals surface area contributed by atoms with Crippen molar-refractivity contribution in [3.8, 4) is 0 Å². The van der Waals surface area contributed by atoms with Crippen molar-refractivity contribution in [3.05, 3.63) is 16.1 Å². The van der Waals surface area contributed by atoms with Crippen LogP contribution >= 0.6 is 11.3 Å². The lowest BCUT2D eigenvalue weighted by atomic mass is 9.95. The first kappa shape index (κ1) is 13.0. The first-order chi connectivity index (χ1) is 8.19. The summed E-state index contributed by atoms with van der Waals surface area (Å²) in [6, 6.07) is 0.0681. The molecule has 1 saturated heterocycles. The molecule has 1 aromatic rings. The van der Waals surface area contributed by atoms with Crippen molar-refractivity contribution in [1.82, 2.24) is 9.88 Å². The minimum atomic E-state index is 0.0681. The van der Waals surface area contributed by atoms with E-state index in [1.807, 2.05) is 6.92 Å². The SMILES string of the molecule is CCN1CCCC(Cc2nc(C(C)N)cs2)C1. The molecule has 1 aliphatic rings. The maximum Gasteiger partial charge on any atom is 0.0932 e. The highest BCUT2D eigenvalue weighted by atomic mass is 32.1. The summed E-state index contributed by atoms with van der Waals surface area (Å²) in [6.45, 7) is 7.94. The van der Waals surface area contributed by atoms with Crippen molar-refractivity contribution >= 4 is 11.3 Å². The van der Waals surface area contributed by atoms with E-state index in [4.69, 9.17) is 5.73 Å². The Morgan fingerprint density at radius 3 is 3.12 bits per heavy atom. The molecular formula is C13H23N3S. The van der Waals surface area contributed by atoms with Crippen LogP contribution in [0.4, 0.5) is 0 Å². The lowest BCUT2D eigenvalue weighted by Crippen LogP contribution is -2.35. The molecule has 1 aliphatic heterocycles. The third kappa shape index (κ3) is 3.50. The predicted molar refractivity (Wildman–Crippen MR) is 73.3 cm³/mol. The van der Waals surface area contributed by atoms with E-state index in [0.29, 0.717) is 0 Å². The normalized spacial score (nSPS) is 23.8. The Morgan fingerprint density at radius 2 is 2.47 bits per heavy atom. The molecule has 96 valence electrons. The van der Waals surface area contributed by atoms with Gasteiger partial charge in [-0.3, -0.25) is 0 Å². The number of likely N-dealkylation sites (tertiary alicyclic amines) is 1.